The molecule has 0 aromatic rings. The second kappa shape index (κ2) is 7.84. The van der Waals surface area contributed by atoms with Gasteiger partial charge in [0.15, 0.2) is 0 Å². The van der Waals surface area contributed by atoms with E-state index in [0.717, 1.165) is 32.7 Å². The van der Waals surface area contributed by atoms with Crippen LogP contribution in [0.4, 0.5) is 0 Å². The Balaban J connectivity index is 2.40. The molecule has 1 saturated heterocycles. The first kappa shape index (κ1) is 16.4. The number of nitrogens with one attached hydrogen (secondary N) is 1. The van der Waals surface area contributed by atoms with E-state index in [-0.39, 0.29) is 0 Å². The minimum atomic E-state index is -0.432. The van der Waals surface area contributed by atoms with Crippen LogP contribution in [-0.2, 0) is 4.74 Å². The van der Waals surface area contributed by atoms with Crippen LogP contribution < -0.4 is 5.32 Å². The average Bonchev–Trinajstić information content (AvgIpc) is 2.86. The third-order valence-electron chi connectivity index (χ3n) is 3.72. The van der Waals surface area contributed by atoms with Gasteiger partial charge in [-0.15, -0.1) is 0 Å². The van der Waals surface area contributed by atoms with Gasteiger partial charge in [0.05, 0.1) is 12.2 Å². The zero-order valence-corrected chi connectivity index (χ0v) is 12.9. The molecule has 1 heterocycles. The summed E-state index contributed by atoms with van der Waals surface area (Å²) in [6, 6.07) is 2.75. The fourth-order valence-corrected chi connectivity index (χ4v) is 2.63. The van der Waals surface area contributed by atoms with Crippen molar-refractivity contribution in [2.45, 2.75) is 64.6 Å². The SMILES string of the molecule is CCN(CCC(C)(C#N)NC(C)C)CC1CCCO1. The Hall–Kier alpha value is -0.630. The molecule has 1 aliphatic rings. The van der Waals surface area contributed by atoms with Crippen LogP contribution in [0.25, 0.3) is 0 Å². The van der Waals surface area contributed by atoms with Crippen LogP contribution in [-0.4, -0.2) is 48.8 Å². The normalized spacial score (nSPS) is 22.7. The van der Waals surface area contributed by atoms with E-state index >= 15 is 0 Å². The van der Waals surface area contributed by atoms with Crippen molar-refractivity contribution in [2.24, 2.45) is 0 Å². The molecule has 1 N–H and O–H groups in total. The molecule has 19 heavy (non-hydrogen) atoms. The van der Waals surface area contributed by atoms with E-state index in [0.29, 0.717) is 12.1 Å². The van der Waals surface area contributed by atoms with Gasteiger partial charge >= 0.3 is 0 Å². The molecule has 0 bridgehead atoms. The lowest BCUT2D eigenvalue weighted by Crippen LogP contribution is -2.47. The van der Waals surface area contributed by atoms with Crippen LogP contribution in [0.1, 0.15) is 47.0 Å². The molecule has 1 fully saturated rings. The van der Waals surface area contributed by atoms with Gasteiger partial charge in [-0.25, -0.2) is 0 Å². The number of hydrogen-bond acceptors (Lipinski definition) is 4. The van der Waals surface area contributed by atoms with Crippen molar-refractivity contribution >= 4 is 0 Å². The summed E-state index contributed by atoms with van der Waals surface area (Å²) in [5, 5.41) is 12.7. The third kappa shape index (κ3) is 5.90. The van der Waals surface area contributed by atoms with Crippen LogP contribution in [0.2, 0.25) is 0 Å². The maximum absolute atomic E-state index is 9.35. The topological polar surface area (TPSA) is 48.3 Å². The van der Waals surface area contributed by atoms with E-state index in [1.807, 2.05) is 6.92 Å². The van der Waals surface area contributed by atoms with Crippen molar-refractivity contribution in [1.29, 1.82) is 5.26 Å². The number of likely N-dealkylation sites (N-methyl/N-ethyl adjacent to an activating group) is 1. The first-order chi connectivity index (χ1) is 8.99. The Morgan fingerprint density at radius 2 is 2.26 bits per heavy atom. The monoisotopic (exact) mass is 267 g/mol. The highest BCUT2D eigenvalue weighted by Gasteiger charge is 2.26. The molecule has 4 nitrogen and oxygen atoms in total. The van der Waals surface area contributed by atoms with E-state index in [2.05, 4.69) is 37.1 Å². The number of nitriles is 1. The summed E-state index contributed by atoms with van der Waals surface area (Å²) in [5.74, 6) is 0. The highest BCUT2D eigenvalue weighted by Crippen LogP contribution is 2.15. The molecule has 110 valence electrons. The molecule has 2 atom stereocenters. The summed E-state index contributed by atoms with van der Waals surface area (Å²) in [7, 11) is 0. The summed E-state index contributed by atoms with van der Waals surface area (Å²) in [5.41, 5.74) is -0.432. The molecule has 2 unspecified atom stereocenters. The smallest absolute Gasteiger partial charge is 0.105 e. The minimum Gasteiger partial charge on any atom is -0.377 e. The zero-order valence-electron chi connectivity index (χ0n) is 12.9. The predicted octanol–water partition coefficient (Wildman–Crippen LogP) is 2.16. The van der Waals surface area contributed by atoms with Gasteiger partial charge in [0.1, 0.15) is 5.54 Å². The average molecular weight is 267 g/mol. The Kier molecular flexibility index (Phi) is 6.78. The summed E-state index contributed by atoms with van der Waals surface area (Å²) in [6.07, 6.45) is 3.61. The first-order valence-electron chi connectivity index (χ1n) is 7.52. The Morgan fingerprint density at radius 3 is 2.74 bits per heavy atom. The number of ether oxygens (including phenoxy) is 1. The fourth-order valence-electron chi connectivity index (χ4n) is 2.63. The minimum absolute atomic E-state index is 0.331. The van der Waals surface area contributed by atoms with Gasteiger partial charge in [-0.2, -0.15) is 5.26 Å². The van der Waals surface area contributed by atoms with Crippen molar-refractivity contribution in [3.05, 3.63) is 0 Å². The number of hydrogen-bond donors (Lipinski definition) is 1. The zero-order chi connectivity index (χ0) is 14.3. The van der Waals surface area contributed by atoms with Gasteiger partial charge in [-0.3, -0.25) is 5.32 Å². The highest BCUT2D eigenvalue weighted by molar-refractivity contribution is 5.04. The van der Waals surface area contributed by atoms with Crippen LogP contribution in [0.15, 0.2) is 0 Å². The standard InChI is InChI=1S/C15H29N3O/c1-5-18(11-14-7-6-10-19-14)9-8-15(4,12-16)17-13(2)3/h13-14,17H,5-11H2,1-4H3. The van der Waals surface area contributed by atoms with Crippen molar-refractivity contribution in [3.8, 4) is 6.07 Å². The molecule has 0 aromatic heterocycles. The van der Waals surface area contributed by atoms with Crippen LogP contribution in [0, 0.1) is 11.3 Å². The quantitative estimate of drug-likeness (QED) is 0.732. The van der Waals surface area contributed by atoms with Gasteiger partial charge in [0.25, 0.3) is 0 Å². The summed E-state index contributed by atoms with van der Waals surface area (Å²) in [4.78, 5) is 2.40. The molecule has 0 aliphatic carbocycles. The Labute approximate surface area is 118 Å². The molecule has 0 saturated carbocycles. The molecule has 1 rings (SSSR count). The van der Waals surface area contributed by atoms with Gasteiger partial charge in [0, 0.05) is 25.7 Å². The van der Waals surface area contributed by atoms with Crippen molar-refractivity contribution in [2.75, 3.05) is 26.2 Å². The second-order valence-corrected chi connectivity index (χ2v) is 6.02. The molecule has 0 spiro atoms. The molecule has 0 amide bonds. The highest BCUT2D eigenvalue weighted by atomic mass is 16.5. The number of rotatable bonds is 8. The lowest BCUT2D eigenvalue weighted by atomic mass is 9.98. The van der Waals surface area contributed by atoms with E-state index in [4.69, 9.17) is 4.74 Å². The van der Waals surface area contributed by atoms with E-state index in [9.17, 15) is 5.26 Å². The molecule has 4 heteroatoms. The van der Waals surface area contributed by atoms with Crippen molar-refractivity contribution in [1.82, 2.24) is 10.2 Å². The Morgan fingerprint density at radius 1 is 1.53 bits per heavy atom. The lowest BCUT2D eigenvalue weighted by molar-refractivity contribution is 0.0725. The van der Waals surface area contributed by atoms with Gasteiger partial charge in [-0.05, 0) is 46.6 Å². The van der Waals surface area contributed by atoms with Crippen molar-refractivity contribution < 1.29 is 4.74 Å². The maximum atomic E-state index is 9.35. The van der Waals surface area contributed by atoms with Crippen molar-refractivity contribution in [3.63, 3.8) is 0 Å². The number of nitrogens with zero attached hydrogens (tertiary/aromatic N) is 2. The molecule has 1 aliphatic heterocycles. The maximum Gasteiger partial charge on any atom is 0.105 e. The third-order valence-corrected chi connectivity index (χ3v) is 3.72. The molecule has 0 aromatic carbocycles. The van der Waals surface area contributed by atoms with E-state index in [1.54, 1.807) is 0 Å². The second-order valence-electron chi connectivity index (χ2n) is 6.02. The van der Waals surface area contributed by atoms with Crippen LogP contribution >= 0.6 is 0 Å². The van der Waals surface area contributed by atoms with E-state index in [1.165, 1.54) is 12.8 Å². The van der Waals surface area contributed by atoms with Crippen LogP contribution in [0.3, 0.4) is 0 Å². The predicted molar refractivity (Wildman–Crippen MR) is 78.0 cm³/mol. The molecular weight excluding hydrogens is 238 g/mol. The van der Waals surface area contributed by atoms with Gasteiger partial charge in [0.2, 0.25) is 0 Å². The Bertz CT molecular complexity index is 294. The summed E-state index contributed by atoms with van der Waals surface area (Å²) in [6.45, 7) is 12.2. The van der Waals surface area contributed by atoms with Crippen LogP contribution in [0.5, 0.6) is 0 Å². The largest absolute Gasteiger partial charge is 0.377 e. The lowest BCUT2D eigenvalue weighted by Gasteiger charge is -2.30. The first-order valence-corrected chi connectivity index (χ1v) is 7.52. The summed E-state index contributed by atoms with van der Waals surface area (Å²) >= 11 is 0. The van der Waals surface area contributed by atoms with E-state index < -0.39 is 5.54 Å². The fraction of sp³-hybridized carbons (Fsp3) is 0.933. The molecular formula is C15H29N3O. The summed E-state index contributed by atoms with van der Waals surface area (Å²) < 4.78 is 5.69. The molecule has 0 radical (unpaired) electrons. The van der Waals surface area contributed by atoms with Gasteiger partial charge < -0.3 is 9.64 Å². The van der Waals surface area contributed by atoms with Gasteiger partial charge in [-0.1, -0.05) is 6.92 Å².